The predicted molar refractivity (Wildman–Crippen MR) is 84.0 cm³/mol. The first-order chi connectivity index (χ1) is 9.49. The lowest BCUT2D eigenvalue weighted by molar-refractivity contribution is -0.384. The SMILES string of the molecule is Cc1cccc(NC(C)c2cccc(Br)c2)c1[N+](=O)[O-]. The van der Waals surface area contributed by atoms with Gasteiger partial charge in [0.05, 0.1) is 4.92 Å². The average Bonchev–Trinajstić information content (AvgIpc) is 2.38. The Labute approximate surface area is 126 Å². The summed E-state index contributed by atoms with van der Waals surface area (Å²) in [6.07, 6.45) is 0. The minimum atomic E-state index is -0.342. The van der Waals surface area contributed by atoms with Gasteiger partial charge in [-0.3, -0.25) is 10.1 Å². The summed E-state index contributed by atoms with van der Waals surface area (Å²) < 4.78 is 0.988. The lowest BCUT2D eigenvalue weighted by Crippen LogP contribution is -2.09. The van der Waals surface area contributed by atoms with Crippen molar-refractivity contribution in [3.63, 3.8) is 0 Å². The quantitative estimate of drug-likeness (QED) is 0.642. The summed E-state index contributed by atoms with van der Waals surface area (Å²) in [5.41, 5.74) is 2.40. The van der Waals surface area contributed by atoms with Crippen LogP contribution < -0.4 is 5.32 Å². The number of rotatable bonds is 4. The van der Waals surface area contributed by atoms with E-state index in [4.69, 9.17) is 0 Å². The number of nitro benzene ring substituents is 1. The van der Waals surface area contributed by atoms with E-state index in [1.54, 1.807) is 19.1 Å². The topological polar surface area (TPSA) is 55.2 Å². The Hall–Kier alpha value is -1.88. The first-order valence-electron chi connectivity index (χ1n) is 6.25. The fraction of sp³-hybridized carbons (Fsp3) is 0.200. The molecule has 0 bridgehead atoms. The number of nitrogens with zero attached hydrogens (tertiary/aromatic N) is 1. The second-order valence-electron chi connectivity index (χ2n) is 4.65. The van der Waals surface area contributed by atoms with Gasteiger partial charge in [-0.1, -0.05) is 40.2 Å². The molecule has 0 aliphatic carbocycles. The van der Waals surface area contributed by atoms with Gasteiger partial charge >= 0.3 is 0 Å². The van der Waals surface area contributed by atoms with Crippen LogP contribution in [0, 0.1) is 17.0 Å². The van der Waals surface area contributed by atoms with Crippen molar-refractivity contribution in [2.45, 2.75) is 19.9 Å². The van der Waals surface area contributed by atoms with Crippen LogP contribution in [0.2, 0.25) is 0 Å². The van der Waals surface area contributed by atoms with Gasteiger partial charge in [-0.25, -0.2) is 0 Å². The van der Waals surface area contributed by atoms with Crippen molar-refractivity contribution in [1.82, 2.24) is 0 Å². The lowest BCUT2D eigenvalue weighted by atomic mass is 10.1. The van der Waals surface area contributed by atoms with E-state index in [9.17, 15) is 10.1 Å². The van der Waals surface area contributed by atoms with E-state index in [0.29, 0.717) is 11.3 Å². The summed E-state index contributed by atoms with van der Waals surface area (Å²) in [5, 5.41) is 14.4. The molecule has 1 N–H and O–H groups in total. The highest BCUT2D eigenvalue weighted by atomic mass is 79.9. The van der Waals surface area contributed by atoms with Gasteiger partial charge < -0.3 is 5.32 Å². The summed E-state index contributed by atoms with van der Waals surface area (Å²) >= 11 is 3.43. The molecule has 2 rings (SSSR count). The summed E-state index contributed by atoms with van der Waals surface area (Å²) in [5.74, 6) is 0. The van der Waals surface area contributed by atoms with Crippen LogP contribution >= 0.6 is 15.9 Å². The standard InChI is InChI=1S/C15H15BrN2O2/c1-10-5-3-8-14(15(10)18(19)20)17-11(2)12-6-4-7-13(16)9-12/h3-9,11,17H,1-2H3. The van der Waals surface area contributed by atoms with Crippen LogP contribution in [0.15, 0.2) is 46.9 Å². The van der Waals surface area contributed by atoms with Gasteiger partial charge in [0, 0.05) is 16.1 Å². The second kappa shape index (κ2) is 6.05. The molecule has 20 heavy (non-hydrogen) atoms. The van der Waals surface area contributed by atoms with Gasteiger partial charge in [0.2, 0.25) is 0 Å². The Balaban J connectivity index is 2.30. The third kappa shape index (κ3) is 3.17. The van der Waals surface area contributed by atoms with Crippen molar-refractivity contribution in [1.29, 1.82) is 0 Å². The average molecular weight is 335 g/mol. The maximum atomic E-state index is 11.2. The monoisotopic (exact) mass is 334 g/mol. The smallest absolute Gasteiger partial charge is 0.295 e. The van der Waals surface area contributed by atoms with Crippen LogP contribution in [-0.2, 0) is 0 Å². The second-order valence-corrected chi connectivity index (χ2v) is 5.56. The number of aryl methyl sites for hydroxylation is 1. The normalized spacial score (nSPS) is 11.9. The fourth-order valence-corrected chi connectivity index (χ4v) is 2.53. The molecule has 2 aromatic carbocycles. The minimum Gasteiger partial charge on any atom is -0.373 e. The molecule has 2 aromatic rings. The first-order valence-corrected chi connectivity index (χ1v) is 7.04. The Kier molecular flexibility index (Phi) is 4.39. The molecule has 0 fully saturated rings. The first kappa shape index (κ1) is 14.5. The molecule has 0 spiro atoms. The Bertz CT molecular complexity index is 644. The van der Waals surface area contributed by atoms with Gasteiger partial charge in [0.25, 0.3) is 5.69 Å². The number of nitrogens with one attached hydrogen (secondary N) is 1. The number of para-hydroxylation sites is 1. The largest absolute Gasteiger partial charge is 0.373 e. The maximum absolute atomic E-state index is 11.2. The van der Waals surface area contributed by atoms with Gasteiger partial charge in [0.15, 0.2) is 0 Å². The Morgan fingerprint density at radius 2 is 1.95 bits per heavy atom. The van der Waals surface area contributed by atoms with E-state index in [2.05, 4.69) is 21.2 Å². The van der Waals surface area contributed by atoms with Crippen molar-refractivity contribution < 1.29 is 4.92 Å². The van der Waals surface area contributed by atoms with E-state index < -0.39 is 0 Å². The highest BCUT2D eigenvalue weighted by molar-refractivity contribution is 9.10. The van der Waals surface area contributed by atoms with E-state index in [0.717, 1.165) is 10.0 Å². The van der Waals surface area contributed by atoms with Gasteiger partial charge in [-0.05, 0) is 37.6 Å². The van der Waals surface area contributed by atoms with Gasteiger partial charge in [-0.2, -0.15) is 0 Å². The van der Waals surface area contributed by atoms with Crippen LogP contribution in [0.5, 0.6) is 0 Å². The molecule has 0 aromatic heterocycles. The van der Waals surface area contributed by atoms with E-state index >= 15 is 0 Å². The van der Waals surface area contributed by atoms with E-state index in [1.807, 2.05) is 37.3 Å². The van der Waals surface area contributed by atoms with Crippen molar-refractivity contribution in [2.75, 3.05) is 5.32 Å². The van der Waals surface area contributed by atoms with Crippen molar-refractivity contribution in [3.05, 3.63) is 68.2 Å². The zero-order valence-electron chi connectivity index (χ0n) is 11.3. The number of benzene rings is 2. The molecule has 0 saturated heterocycles. The third-order valence-electron chi connectivity index (χ3n) is 3.14. The van der Waals surface area contributed by atoms with Crippen molar-refractivity contribution >= 4 is 27.3 Å². The summed E-state index contributed by atoms with van der Waals surface area (Å²) in [7, 11) is 0. The molecule has 5 heteroatoms. The number of nitro groups is 1. The molecule has 1 unspecified atom stereocenters. The Morgan fingerprint density at radius 3 is 2.60 bits per heavy atom. The summed E-state index contributed by atoms with van der Waals surface area (Å²) in [6, 6.07) is 13.2. The molecular formula is C15H15BrN2O2. The van der Waals surface area contributed by atoms with Crippen molar-refractivity contribution in [2.24, 2.45) is 0 Å². The number of hydrogen-bond donors (Lipinski definition) is 1. The minimum absolute atomic E-state index is 0.0204. The third-order valence-corrected chi connectivity index (χ3v) is 3.63. The molecule has 0 amide bonds. The van der Waals surface area contributed by atoms with Crippen LogP contribution in [-0.4, -0.2) is 4.92 Å². The molecule has 4 nitrogen and oxygen atoms in total. The molecular weight excluding hydrogens is 320 g/mol. The van der Waals surface area contributed by atoms with Gasteiger partial charge in [-0.15, -0.1) is 0 Å². The van der Waals surface area contributed by atoms with E-state index in [-0.39, 0.29) is 16.7 Å². The fourth-order valence-electron chi connectivity index (χ4n) is 2.11. The summed E-state index contributed by atoms with van der Waals surface area (Å²) in [6.45, 7) is 3.72. The Morgan fingerprint density at radius 1 is 1.25 bits per heavy atom. The van der Waals surface area contributed by atoms with E-state index in [1.165, 1.54) is 0 Å². The number of hydrogen-bond acceptors (Lipinski definition) is 3. The highest BCUT2D eigenvalue weighted by Gasteiger charge is 2.18. The zero-order valence-corrected chi connectivity index (χ0v) is 12.8. The molecule has 104 valence electrons. The molecule has 0 heterocycles. The van der Waals surface area contributed by atoms with Crippen LogP contribution in [0.1, 0.15) is 24.1 Å². The van der Waals surface area contributed by atoms with Crippen LogP contribution in [0.4, 0.5) is 11.4 Å². The van der Waals surface area contributed by atoms with Crippen LogP contribution in [0.3, 0.4) is 0 Å². The maximum Gasteiger partial charge on any atom is 0.295 e. The highest BCUT2D eigenvalue weighted by Crippen LogP contribution is 2.31. The molecule has 0 saturated carbocycles. The van der Waals surface area contributed by atoms with Gasteiger partial charge in [0.1, 0.15) is 5.69 Å². The summed E-state index contributed by atoms with van der Waals surface area (Å²) in [4.78, 5) is 10.8. The molecule has 1 atom stereocenters. The van der Waals surface area contributed by atoms with Crippen molar-refractivity contribution in [3.8, 4) is 0 Å². The zero-order chi connectivity index (χ0) is 14.7. The molecule has 0 aliphatic rings. The lowest BCUT2D eigenvalue weighted by Gasteiger charge is -2.16. The number of halogens is 1. The predicted octanol–water partition coefficient (Wildman–Crippen LogP) is 4.84. The number of anilines is 1. The molecule has 0 aliphatic heterocycles. The van der Waals surface area contributed by atoms with Crippen LogP contribution in [0.25, 0.3) is 0 Å². The molecule has 0 radical (unpaired) electrons.